The molecule has 0 radical (unpaired) electrons. The van der Waals surface area contributed by atoms with Crippen LogP contribution in [0.2, 0.25) is 0 Å². The van der Waals surface area contributed by atoms with E-state index in [0.717, 1.165) is 0 Å². The van der Waals surface area contributed by atoms with Crippen molar-refractivity contribution in [2.75, 3.05) is 0 Å². The highest BCUT2D eigenvalue weighted by atomic mass is 33.3. The molecule has 0 saturated heterocycles. The van der Waals surface area contributed by atoms with Crippen molar-refractivity contribution in [1.82, 2.24) is 0 Å². The van der Waals surface area contributed by atoms with Crippen molar-refractivity contribution in [1.29, 1.82) is 0 Å². The first kappa shape index (κ1) is 8.36. The summed E-state index contributed by atoms with van der Waals surface area (Å²) in [5.74, 6) is 0. The van der Waals surface area contributed by atoms with Crippen molar-refractivity contribution in [3.8, 4) is 0 Å². The smallest absolute Gasteiger partial charge is 0.240 e. The van der Waals surface area contributed by atoms with Crippen LogP contribution in [0.5, 0.6) is 0 Å². The molecular formula is H3O2PS4. The van der Waals surface area contributed by atoms with Crippen LogP contribution in [0.25, 0.3) is 0 Å². The molecule has 0 spiro atoms. The lowest BCUT2D eigenvalue weighted by Gasteiger charge is -1.92. The van der Waals surface area contributed by atoms with Crippen LogP contribution in [-0.2, 0) is 29.6 Å². The van der Waals surface area contributed by atoms with Gasteiger partial charge in [-0.05, 0) is 29.6 Å². The molecule has 0 bridgehead atoms. The summed E-state index contributed by atoms with van der Waals surface area (Å²) < 4.78 is 0. The minimum Gasteiger partial charge on any atom is -0.338 e. The summed E-state index contributed by atoms with van der Waals surface area (Å²) >= 11 is 12.0. The summed E-state index contributed by atoms with van der Waals surface area (Å²) in [6, 6.07) is 0. The molecule has 44 valence electrons. The van der Waals surface area contributed by atoms with E-state index in [4.69, 9.17) is 9.79 Å². The minimum atomic E-state index is -3.14. The molecule has 0 aliphatic heterocycles. The second kappa shape index (κ2) is 2.77. The molecule has 0 unspecified atom stereocenters. The van der Waals surface area contributed by atoms with Crippen LogP contribution in [0.4, 0.5) is 0 Å². The van der Waals surface area contributed by atoms with Gasteiger partial charge in [-0.1, -0.05) is 12.2 Å². The van der Waals surface area contributed by atoms with Gasteiger partial charge in [0.2, 0.25) is 5.69 Å². The third-order valence-electron chi connectivity index (χ3n) is 0.200. The predicted octanol–water partition coefficient (Wildman–Crippen LogP) is 0.121. The Labute approximate surface area is 57.3 Å². The maximum Gasteiger partial charge on any atom is 0.240 e. The second-order valence-electron chi connectivity index (χ2n) is 0.730. The first-order chi connectivity index (χ1) is 2.94. The molecule has 7 heavy (non-hydrogen) atoms. The van der Waals surface area contributed by atoms with Gasteiger partial charge >= 0.3 is 0 Å². The Bertz CT molecular complexity index is 175. The van der Waals surface area contributed by atoms with Crippen LogP contribution < -0.4 is 0 Å². The van der Waals surface area contributed by atoms with Crippen LogP contribution in [0.3, 0.4) is 0 Å². The fourth-order valence-electron chi connectivity index (χ4n) is 0. The van der Waals surface area contributed by atoms with Gasteiger partial charge in [-0.15, -0.1) is 0 Å². The molecular weight excluding hydrogens is 191 g/mol. The maximum atomic E-state index is 8.43. The van der Waals surface area contributed by atoms with Crippen LogP contribution in [0.1, 0.15) is 0 Å². The lowest BCUT2D eigenvalue weighted by atomic mass is 15.9. The SMILES string of the molecule is OP(O)(S)=S(=S)=S. The van der Waals surface area contributed by atoms with Gasteiger partial charge in [-0.25, -0.2) is 0 Å². The van der Waals surface area contributed by atoms with Crippen molar-refractivity contribution in [2.24, 2.45) is 0 Å². The zero-order valence-electron chi connectivity index (χ0n) is 3.01. The molecule has 0 atom stereocenters. The Hall–Kier alpha value is 1.36. The Morgan fingerprint density at radius 3 is 1.57 bits per heavy atom. The number of rotatable bonds is 0. The molecule has 7 heteroatoms. The topological polar surface area (TPSA) is 40.5 Å². The predicted molar refractivity (Wildman–Crippen MR) is 42.4 cm³/mol. The summed E-state index contributed by atoms with van der Waals surface area (Å²) in [4.78, 5) is 16.9. The second-order valence-corrected chi connectivity index (χ2v) is 11.4. The van der Waals surface area contributed by atoms with Gasteiger partial charge < -0.3 is 9.79 Å². The average molecular weight is 194 g/mol. The van der Waals surface area contributed by atoms with Crippen molar-refractivity contribution < 1.29 is 9.79 Å². The number of hydrogen-bond donors (Lipinski definition) is 3. The number of thiol groups is 1. The van der Waals surface area contributed by atoms with Crippen LogP contribution >= 0.6 is 17.9 Å². The zero-order chi connectivity index (χ0) is 6.08. The maximum absolute atomic E-state index is 8.43. The standard InChI is InChI=1S/H3O2PS4/c1-3(2,4)7(5)6/h1-2,4H. The van der Waals surface area contributed by atoms with Crippen molar-refractivity contribution in [3.63, 3.8) is 0 Å². The van der Waals surface area contributed by atoms with Gasteiger partial charge in [-0.3, -0.25) is 0 Å². The molecule has 2 nitrogen and oxygen atoms in total. The summed E-state index contributed by atoms with van der Waals surface area (Å²) in [6.45, 7) is 0. The fourth-order valence-corrected chi connectivity index (χ4v) is 0. The van der Waals surface area contributed by atoms with E-state index >= 15 is 0 Å². The molecule has 0 aliphatic rings. The van der Waals surface area contributed by atoms with E-state index in [9.17, 15) is 0 Å². The molecule has 0 aromatic carbocycles. The summed E-state index contributed by atoms with van der Waals surface area (Å²) in [5, 5.41) is 0. The van der Waals surface area contributed by atoms with Gasteiger partial charge in [0, 0.05) is 0 Å². The highest BCUT2D eigenvalue weighted by Gasteiger charge is 1.95. The third kappa shape index (κ3) is 3.90. The van der Waals surface area contributed by atoms with Gasteiger partial charge in [0.05, 0.1) is 0 Å². The van der Waals surface area contributed by atoms with Crippen LogP contribution in [0.15, 0.2) is 0 Å². The molecule has 0 aromatic rings. The summed E-state index contributed by atoms with van der Waals surface area (Å²) in [7, 11) is -1.18. The molecule has 2 N–H and O–H groups in total. The zero-order valence-corrected chi connectivity index (χ0v) is 7.25. The molecule has 0 aromatic heterocycles. The van der Waals surface area contributed by atoms with Crippen LogP contribution in [-0.4, -0.2) is 9.79 Å². The number of hydrogen-bond acceptors (Lipinski definition) is 2. The van der Waals surface area contributed by atoms with Crippen LogP contribution in [0, 0.1) is 0 Å². The van der Waals surface area contributed by atoms with E-state index in [1.54, 1.807) is 0 Å². The molecule has 0 heterocycles. The van der Waals surface area contributed by atoms with Gasteiger partial charge in [0.25, 0.3) is 0 Å². The molecule has 0 fully saturated rings. The summed E-state index contributed by atoms with van der Waals surface area (Å²) in [6.07, 6.45) is 0. The van der Waals surface area contributed by atoms with E-state index < -0.39 is 12.9 Å². The van der Waals surface area contributed by atoms with Gasteiger partial charge in [0.15, 0.2) is 0 Å². The Morgan fingerprint density at radius 1 is 1.43 bits per heavy atom. The lowest BCUT2D eigenvalue weighted by molar-refractivity contribution is 0.502. The third-order valence-corrected chi connectivity index (χ3v) is 9.00. The fraction of sp³-hybridized carbons (Fsp3) is 0. The van der Waals surface area contributed by atoms with E-state index in [1.807, 2.05) is 0 Å². The lowest BCUT2D eigenvalue weighted by Crippen LogP contribution is -1.61. The molecule has 0 rings (SSSR count). The quantitative estimate of drug-likeness (QED) is 0.378. The monoisotopic (exact) mass is 194 g/mol. The van der Waals surface area contributed by atoms with E-state index in [0.29, 0.717) is 0 Å². The summed E-state index contributed by atoms with van der Waals surface area (Å²) in [5.41, 5.74) is -3.14. The molecule has 0 aliphatic carbocycles. The Kier molecular flexibility index (Phi) is 3.31. The highest BCUT2D eigenvalue weighted by Crippen LogP contribution is 2.42. The molecule has 0 amide bonds. The van der Waals surface area contributed by atoms with E-state index in [2.05, 4.69) is 34.6 Å². The first-order valence-corrected chi connectivity index (χ1v) is 7.64. The van der Waals surface area contributed by atoms with Crippen molar-refractivity contribution in [3.05, 3.63) is 0 Å². The first-order valence-electron chi connectivity index (χ1n) is 1.12. The van der Waals surface area contributed by atoms with E-state index in [-0.39, 0.29) is 0 Å². The van der Waals surface area contributed by atoms with Crippen molar-refractivity contribution in [2.45, 2.75) is 0 Å². The van der Waals surface area contributed by atoms with Gasteiger partial charge in [0.1, 0.15) is 0 Å². The Balaban J connectivity index is 5.09. The van der Waals surface area contributed by atoms with Gasteiger partial charge in [-0.2, -0.15) is 0 Å². The van der Waals surface area contributed by atoms with E-state index in [1.165, 1.54) is 0 Å². The van der Waals surface area contributed by atoms with Crippen molar-refractivity contribution >= 4 is 47.5 Å². The average Bonchev–Trinajstić information content (AvgIpc) is 1.31. The minimum absolute atomic E-state index is 1.18. The Morgan fingerprint density at radius 2 is 1.57 bits per heavy atom. The molecule has 0 saturated carbocycles. The highest BCUT2D eigenvalue weighted by molar-refractivity contribution is 8.76. The normalized spacial score (nSPS) is 11.3. The largest absolute Gasteiger partial charge is 0.338 e.